The third kappa shape index (κ3) is 4.90. The number of imide groups is 1. The van der Waals surface area contributed by atoms with Crippen LogP contribution in [0.15, 0.2) is 83.5 Å². The van der Waals surface area contributed by atoms with Crippen molar-refractivity contribution in [1.82, 2.24) is 0 Å². The first-order chi connectivity index (χ1) is 16.8. The molecular weight excluding hydrogens is 466 g/mol. The van der Waals surface area contributed by atoms with E-state index in [9.17, 15) is 14.4 Å². The predicted octanol–water partition coefficient (Wildman–Crippen LogP) is 5.51. The van der Waals surface area contributed by atoms with Gasteiger partial charge in [0.1, 0.15) is 16.5 Å². The highest BCUT2D eigenvalue weighted by Crippen LogP contribution is 2.31. The molecule has 0 saturated carbocycles. The lowest BCUT2D eigenvalue weighted by atomic mass is 10.0. The lowest BCUT2D eigenvalue weighted by Gasteiger charge is -2.16. The Morgan fingerprint density at radius 1 is 0.914 bits per heavy atom. The fourth-order valence-corrected chi connectivity index (χ4v) is 3.86. The fraction of sp³-hybridized carbons (Fsp3) is 0.148. The van der Waals surface area contributed by atoms with E-state index in [0.717, 1.165) is 10.5 Å². The number of amides is 3. The number of methoxy groups -OCH3 is 1. The van der Waals surface area contributed by atoms with Crippen LogP contribution >= 0.6 is 11.6 Å². The Kier molecular flexibility index (Phi) is 6.89. The Morgan fingerprint density at radius 2 is 1.57 bits per heavy atom. The summed E-state index contributed by atoms with van der Waals surface area (Å²) in [6.45, 7) is 4.13. The third-order valence-electron chi connectivity index (χ3n) is 5.62. The Labute approximate surface area is 208 Å². The quantitative estimate of drug-likeness (QED) is 0.427. The Hall–Kier alpha value is -4.10. The van der Waals surface area contributed by atoms with E-state index in [0.29, 0.717) is 34.3 Å². The van der Waals surface area contributed by atoms with Gasteiger partial charge in [0, 0.05) is 11.3 Å². The van der Waals surface area contributed by atoms with E-state index in [1.54, 1.807) is 54.6 Å². The molecule has 0 unspecified atom stereocenters. The van der Waals surface area contributed by atoms with Gasteiger partial charge in [0.2, 0.25) is 0 Å². The number of hydrogen-bond acceptors (Lipinski definition) is 5. The topological polar surface area (TPSA) is 87.7 Å². The third-order valence-corrected chi connectivity index (χ3v) is 5.97. The minimum atomic E-state index is -0.593. The monoisotopic (exact) mass is 489 g/mol. The lowest BCUT2D eigenvalue weighted by Crippen LogP contribution is -2.32. The van der Waals surface area contributed by atoms with Crippen molar-refractivity contribution in [3.63, 3.8) is 0 Å². The molecule has 1 aliphatic heterocycles. The van der Waals surface area contributed by atoms with E-state index in [-0.39, 0.29) is 16.6 Å². The molecule has 0 atom stereocenters. The summed E-state index contributed by atoms with van der Waals surface area (Å²) in [7, 11) is 1.53. The molecule has 1 heterocycles. The number of hydrogen-bond donors (Lipinski definition) is 2. The highest BCUT2D eigenvalue weighted by molar-refractivity contribution is 6.53. The number of anilines is 3. The molecule has 0 aromatic heterocycles. The van der Waals surface area contributed by atoms with Crippen LogP contribution < -0.4 is 20.3 Å². The van der Waals surface area contributed by atoms with E-state index in [2.05, 4.69) is 24.5 Å². The minimum Gasteiger partial charge on any atom is -0.495 e. The van der Waals surface area contributed by atoms with Gasteiger partial charge in [-0.15, -0.1) is 0 Å². The number of rotatable bonds is 7. The van der Waals surface area contributed by atoms with Crippen LogP contribution in [0.25, 0.3) is 0 Å². The van der Waals surface area contributed by atoms with Gasteiger partial charge in [-0.1, -0.05) is 49.7 Å². The van der Waals surface area contributed by atoms with Crippen LogP contribution in [0.2, 0.25) is 0 Å². The number of nitrogens with zero attached hydrogens (tertiary/aromatic N) is 1. The highest BCUT2D eigenvalue weighted by Gasteiger charge is 2.39. The first kappa shape index (κ1) is 24.0. The molecule has 0 fully saturated rings. The Balaban J connectivity index is 1.47. The maximum Gasteiger partial charge on any atom is 0.283 e. The van der Waals surface area contributed by atoms with Crippen LogP contribution in [0.1, 0.15) is 35.7 Å². The number of ether oxygens (including phenoxy) is 1. The van der Waals surface area contributed by atoms with E-state index in [1.807, 2.05) is 18.2 Å². The lowest BCUT2D eigenvalue weighted by molar-refractivity contribution is -0.120. The van der Waals surface area contributed by atoms with Crippen LogP contribution in [0, 0.1) is 0 Å². The molecule has 3 amide bonds. The predicted molar refractivity (Wildman–Crippen MR) is 137 cm³/mol. The average Bonchev–Trinajstić information content (AvgIpc) is 3.07. The SMILES string of the molecule is COc1ccccc1NC(=O)c1ccc(NC2=C(Cl)C(=O)N(c3ccc(C(C)C)cc3)C2=O)cc1. The molecule has 35 heavy (non-hydrogen) atoms. The number of carbonyl (C=O) groups is 3. The van der Waals surface area contributed by atoms with Gasteiger partial charge >= 0.3 is 0 Å². The summed E-state index contributed by atoms with van der Waals surface area (Å²) in [4.78, 5) is 39.4. The van der Waals surface area contributed by atoms with E-state index < -0.39 is 11.8 Å². The van der Waals surface area contributed by atoms with Gasteiger partial charge in [0.05, 0.1) is 18.5 Å². The van der Waals surface area contributed by atoms with E-state index in [1.165, 1.54) is 7.11 Å². The maximum absolute atomic E-state index is 13.0. The second-order valence-electron chi connectivity index (χ2n) is 8.24. The van der Waals surface area contributed by atoms with Gasteiger partial charge in [-0.25, -0.2) is 4.90 Å². The first-order valence-corrected chi connectivity index (χ1v) is 11.4. The molecule has 2 N–H and O–H groups in total. The summed E-state index contributed by atoms with van der Waals surface area (Å²) in [5.74, 6) is -0.581. The van der Waals surface area contributed by atoms with Gasteiger partial charge < -0.3 is 15.4 Å². The Morgan fingerprint density at radius 3 is 2.20 bits per heavy atom. The van der Waals surface area contributed by atoms with Crippen molar-refractivity contribution in [3.05, 3.63) is 94.7 Å². The van der Waals surface area contributed by atoms with E-state index in [4.69, 9.17) is 16.3 Å². The zero-order valence-corrected chi connectivity index (χ0v) is 20.2. The molecule has 1 aliphatic rings. The fourth-order valence-electron chi connectivity index (χ4n) is 3.65. The summed E-state index contributed by atoms with van der Waals surface area (Å²) in [6, 6.07) is 20.8. The number of halogens is 1. The van der Waals surface area contributed by atoms with Crippen molar-refractivity contribution < 1.29 is 19.1 Å². The second kappa shape index (κ2) is 10.0. The van der Waals surface area contributed by atoms with Crippen LogP contribution in [-0.4, -0.2) is 24.8 Å². The number of carbonyl (C=O) groups excluding carboxylic acids is 3. The van der Waals surface area contributed by atoms with Gasteiger partial charge in [-0.2, -0.15) is 0 Å². The molecule has 0 saturated heterocycles. The maximum atomic E-state index is 13.0. The second-order valence-corrected chi connectivity index (χ2v) is 8.62. The molecule has 178 valence electrons. The van der Waals surface area contributed by atoms with Gasteiger partial charge in [0.15, 0.2) is 0 Å². The van der Waals surface area contributed by atoms with Crippen molar-refractivity contribution in [2.24, 2.45) is 0 Å². The molecule has 3 aromatic carbocycles. The molecule has 3 aromatic rings. The standard InChI is InChI=1S/C27H24ClN3O4/c1-16(2)17-10-14-20(15-11-17)31-26(33)23(28)24(27(31)34)29-19-12-8-18(9-13-19)25(32)30-21-6-4-5-7-22(21)35-3/h4-16,29H,1-3H3,(H,30,32). The molecule has 0 radical (unpaired) electrons. The summed E-state index contributed by atoms with van der Waals surface area (Å²) in [6.07, 6.45) is 0. The first-order valence-electron chi connectivity index (χ1n) is 11.0. The smallest absolute Gasteiger partial charge is 0.283 e. The summed E-state index contributed by atoms with van der Waals surface area (Å²) in [5, 5.41) is 5.53. The van der Waals surface area contributed by atoms with Crippen molar-refractivity contribution in [1.29, 1.82) is 0 Å². The van der Waals surface area contributed by atoms with Gasteiger partial charge in [-0.3, -0.25) is 14.4 Å². The zero-order chi connectivity index (χ0) is 25.1. The largest absolute Gasteiger partial charge is 0.495 e. The molecular formula is C27H24ClN3O4. The summed E-state index contributed by atoms with van der Waals surface area (Å²) < 4.78 is 5.26. The number of benzene rings is 3. The highest BCUT2D eigenvalue weighted by atomic mass is 35.5. The van der Waals surface area contributed by atoms with Crippen molar-refractivity contribution >= 4 is 46.4 Å². The normalized spacial score (nSPS) is 13.5. The molecule has 0 spiro atoms. The van der Waals surface area contributed by atoms with Gasteiger partial charge in [-0.05, 0) is 60.0 Å². The molecule has 0 aliphatic carbocycles. The van der Waals surface area contributed by atoms with Crippen molar-refractivity contribution in [2.45, 2.75) is 19.8 Å². The minimum absolute atomic E-state index is 0.0178. The van der Waals surface area contributed by atoms with Crippen molar-refractivity contribution in [2.75, 3.05) is 22.6 Å². The molecule has 7 nitrogen and oxygen atoms in total. The van der Waals surface area contributed by atoms with Crippen LogP contribution in [-0.2, 0) is 9.59 Å². The van der Waals surface area contributed by atoms with Crippen LogP contribution in [0.5, 0.6) is 5.75 Å². The van der Waals surface area contributed by atoms with Gasteiger partial charge in [0.25, 0.3) is 17.7 Å². The summed E-state index contributed by atoms with van der Waals surface area (Å²) in [5.41, 5.74) is 2.99. The molecule has 4 rings (SSSR count). The average molecular weight is 490 g/mol. The van der Waals surface area contributed by atoms with Crippen LogP contribution in [0.3, 0.4) is 0 Å². The van der Waals surface area contributed by atoms with E-state index >= 15 is 0 Å². The zero-order valence-electron chi connectivity index (χ0n) is 19.5. The summed E-state index contributed by atoms with van der Waals surface area (Å²) >= 11 is 6.23. The van der Waals surface area contributed by atoms with Crippen molar-refractivity contribution in [3.8, 4) is 5.75 Å². The number of nitrogens with one attached hydrogen (secondary N) is 2. The van der Waals surface area contributed by atoms with Crippen LogP contribution in [0.4, 0.5) is 17.1 Å². The number of para-hydroxylation sites is 2. The Bertz CT molecular complexity index is 1320. The molecule has 8 heteroatoms. The molecule has 0 bridgehead atoms.